The summed E-state index contributed by atoms with van der Waals surface area (Å²) in [7, 11) is 0. The van der Waals surface area contributed by atoms with Crippen molar-refractivity contribution in [1.82, 2.24) is 39.6 Å². The van der Waals surface area contributed by atoms with Crippen LogP contribution < -0.4 is 0 Å². The van der Waals surface area contributed by atoms with Gasteiger partial charge in [0.2, 0.25) is 5.95 Å². The molecule has 1 aromatic carbocycles. The van der Waals surface area contributed by atoms with Crippen LogP contribution in [0, 0.1) is 5.95 Å². The van der Waals surface area contributed by atoms with E-state index in [2.05, 4.69) is 20.3 Å². The van der Waals surface area contributed by atoms with Crippen LogP contribution in [0.2, 0.25) is 0 Å². The summed E-state index contributed by atoms with van der Waals surface area (Å²) in [6, 6.07) is 11.2. The van der Waals surface area contributed by atoms with E-state index in [1.807, 2.05) is 55.9 Å². The number of halogens is 1. The molecule has 0 radical (unpaired) electrons. The van der Waals surface area contributed by atoms with E-state index in [1.165, 1.54) is 6.20 Å². The van der Waals surface area contributed by atoms with Crippen LogP contribution in [0.15, 0.2) is 55.0 Å². The van der Waals surface area contributed by atoms with Gasteiger partial charge >= 0.3 is 6.09 Å². The number of ether oxygens (including phenoxy) is 2. The molecule has 0 saturated carbocycles. The molecule has 6 heterocycles. The monoisotopic (exact) mass is 596 g/mol. The lowest BCUT2D eigenvalue weighted by Crippen LogP contribution is -2.40. The van der Waals surface area contributed by atoms with Crippen LogP contribution in [-0.4, -0.2) is 64.5 Å². The van der Waals surface area contributed by atoms with Gasteiger partial charge in [0.1, 0.15) is 17.0 Å². The Morgan fingerprint density at radius 1 is 1.14 bits per heavy atom. The van der Waals surface area contributed by atoms with E-state index >= 15 is 0 Å². The molecule has 0 N–H and O–H groups in total. The Bertz CT molecular complexity index is 1850. The number of nitrogens with zero attached hydrogens (tertiary/aromatic N) is 8. The lowest BCUT2D eigenvalue weighted by Gasteiger charge is -2.30. The second-order valence-electron chi connectivity index (χ2n) is 12.2. The van der Waals surface area contributed by atoms with Crippen molar-refractivity contribution in [2.24, 2.45) is 0 Å². The summed E-state index contributed by atoms with van der Waals surface area (Å²) >= 11 is 0. The van der Waals surface area contributed by atoms with Crippen molar-refractivity contribution < 1.29 is 18.7 Å². The van der Waals surface area contributed by atoms with Gasteiger partial charge in [-0.2, -0.15) is 9.49 Å². The van der Waals surface area contributed by atoms with E-state index in [9.17, 15) is 9.18 Å². The maximum atomic E-state index is 14.6. The van der Waals surface area contributed by atoms with Crippen LogP contribution >= 0.6 is 0 Å². The number of amides is 1. The Morgan fingerprint density at radius 2 is 2.02 bits per heavy atom. The molecule has 1 amide bonds. The van der Waals surface area contributed by atoms with Gasteiger partial charge in [0.05, 0.1) is 35.8 Å². The number of fused-ring (bicyclic) bond motifs is 2. The van der Waals surface area contributed by atoms with Crippen LogP contribution in [0.25, 0.3) is 39.1 Å². The van der Waals surface area contributed by atoms with Crippen LogP contribution in [-0.2, 0) is 22.4 Å². The van der Waals surface area contributed by atoms with E-state index in [0.717, 1.165) is 47.1 Å². The van der Waals surface area contributed by atoms with Gasteiger partial charge in [-0.25, -0.2) is 19.1 Å². The largest absolute Gasteiger partial charge is 0.444 e. The highest BCUT2D eigenvalue weighted by atomic mass is 19.1. The second-order valence-corrected chi connectivity index (χ2v) is 12.2. The van der Waals surface area contributed by atoms with Gasteiger partial charge in [-0.05, 0) is 87.9 Å². The van der Waals surface area contributed by atoms with E-state index in [1.54, 1.807) is 27.9 Å². The van der Waals surface area contributed by atoms with Crippen molar-refractivity contribution in [2.45, 2.75) is 64.8 Å². The zero-order chi connectivity index (χ0) is 30.4. The van der Waals surface area contributed by atoms with Crippen LogP contribution in [0.3, 0.4) is 0 Å². The van der Waals surface area contributed by atoms with E-state index in [0.29, 0.717) is 48.6 Å². The highest BCUT2D eigenvalue weighted by Gasteiger charge is 2.27. The molecule has 1 atom stereocenters. The fourth-order valence-corrected chi connectivity index (χ4v) is 5.74. The number of carbonyl (C=O) groups excluding carboxylic acids is 1. The lowest BCUT2D eigenvalue weighted by molar-refractivity contribution is -0.0365. The Kier molecular flexibility index (Phi) is 7.08. The third-order valence-corrected chi connectivity index (χ3v) is 7.89. The first kappa shape index (κ1) is 28.1. The normalized spacial score (nSPS) is 17.1. The SMILES string of the molecule is CC(C)(C)OC(=O)N1CCc2cc(-n3cc(-c4nn(C5CCCCO5)c5ccc(-c6cccnc6F)cc45)nn3)cnc2C1. The number of hydrogen-bond donors (Lipinski definition) is 0. The topological polar surface area (TPSA) is 113 Å². The smallest absolute Gasteiger partial charge is 0.410 e. The molecule has 1 fully saturated rings. The molecular weight excluding hydrogens is 563 g/mol. The predicted molar refractivity (Wildman–Crippen MR) is 160 cm³/mol. The Labute approximate surface area is 253 Å². The number of hydrogen-bond acceptors (Lipinski definition) is 8. The quantitative estimate of drug-likeness (QED) is 0.237. The molecule has 12 heteroatoms. The fourth-order valence-electron chi connectivity index (χ4n) is 5.74. The molecule has 2 aliphatic rings. The molecule has 0 bridgehead atoms. The molecule has 4 aromatic heterocycles. The minimum atomic E-state index is -0.555. The van der Waals surface area contributed by atoms with Crippen molar-refractivity contribution >= 4 is 17.0 Å². The average Bonchev–Trinajstić information content (AvgIpc) is 3.65. The third-order valence-electron chi connectivity index (χ3n) is 7.89. The number of pyridine rings is 2. The van der Waals surface area contributed by atoms with E-state index in [4.69, 9.17) is 14.6 Å². The number of benzene rings is 1. The molecule has 5 aromatic rings. The molecule has 11 nitrogen and oxygen atoms in total. The van der Waals surface area contributed by atoms with Crippen molar-refractivity contribution in [3.05, 3.63) is 72.2 Å². The minimum absolute atomic E-state index is 0.193. The van der Waals surface area contributed by atoms with Gasteiger partial charge in [-0.15, -0.1) is 5.10 Å². The minimum Gasteiger partial charge on any atom is -0.444 e. The Hall–Kier alpha value is -4.71. The standard InChI is InChI=1S/C32H33FN8O3/c1-32(2,3)44-31(42)39-13-11-21-15-22(17-35-25(21)18-39)40-19-26(36-38-40)29-24-16-20(23-7-6-12-34-30(23)33)9-10-27(24)41(37-29)28-8-4-5-14-43-28/h6-7,9-10,12,15-17,19,28H,4-5,8,11,13-14,18H2,1-3H3. The number of carbonyl (C=O) groups is 1. The van der Waals surface area contributed by atoms with Crippen molar-refractivity contribution in [1.29, 1.82) is 0 Å². The van der Waals surface area contributed by atoms with Crippen LogP contribution in [0.1, 0.15) is 57.5 Å². The van der Waals surface area contributed by atoms with E-state index in [-0.39, 0.29) is 12.3 Å². The predicted octanol–water partition coefficient (Wildman–Crippen LogP) is 5.87. The highest BCUT2D eigenvalue weighted by molar-refractivity contribution is 5.95. The van der Waals surface area contributed by atoms with Crippen molar-refractivity contribution in [3.63, 3.8) is 0 Å². The average molecular weight is 597 g/mol. The molecular formula is C32H33FN8O3. The molecule has 1 saturated heterocycles. The van der Waals surface area contributed by atoms with Gasteiger partial charge in [0, 0.05) is 30.3 Å². The summed E-state index contributed by atoms with van der Waals surface area (Å²) in [4.78, 5) is 22.7. The fraction of sp³-hybridized carbons (Fsp3) is 0.375. The molecule has 7 rings (SSSR count). The van der Waals surface area contributed by atoms with Gasteiger partial charge in [0.25, 0.3) is 0 Å². The van der Waals surface area contributed by atoms with Crippen molar-refractivity contribution in [3.8, 4) is 28.2 Å². The van der Waals surface area contributed by atoms with Crippen molar-refractivity contribution in [2.75, 3.05) is 13.2 Å². The van der Waals surface area contributed by atoms with Gasteiger partial charge in [0.15, 0.2) is 6.23 Å². The van der Waals surface area contributed by atoms with Gasteiger partial charge < -0.3 is 14.4 Å². The zero-order valence-corrected chi connectivity index (χ0v) is 24.9. The molecule has 2 aliphatic heterocycles. The van der Waals surface area contributed by atoms with Gasteiger partial charge in [-0.3, -0.25) is 4.98 Å². The van der Waals surface area contributed by atoms with E-state index < -0.39 is 11.5 Å². The summed E-state index contributed by atoms with van der Waals surface area (Å²) in [6.45, 7) is 7.18. The molecule has 0 spiro atoms. The summed E-state index contributed by atoms with van der Waals surface area (Å²) < 4.78 is 29.8. The molecule has 1 unspecified atom stereocenters. The highest BCUT2D eigenvalue weighted by Crippen LogP contribution is 2.35. The maximum Gasteiger partial charge on any atom is 0.410 e. The molecule has 0 aliphatic carbocycles. The molecule has 226 valence electrons. The zero-order valence-electron chi connectivity index (χ0n) is 24.9. The van der Waals surface area contributed by atoms with Gasteiger partial charge in [-0.1, -0.05) is 11.3 Å². The summed E-state index contributed by atoms with van der Waals surface area (Å²) in [5.74, 6) is -0.531. The summed E-state index contributed by atoms with van der Waals surface area (Å²) in [5, 5.41) is 14.7. The second kappa shape index (κ2) is 11.1. The Balaban J connectivity index is 1.22. The summed E-state index contributed by atoms with van der Waals surface area (Å²) in [5.41, 5.74) is 5.26. The number of aromatic nitrogens is 7. The van der Waals surface area contributed by atoms with Crippen LogP contribution in [0.4, 0.5) is 9.18 Å². The third kappa shape index (κ3) is 5.41. The Morgan fingerprint density at radius 3 is 2.82 bits per heavy atom. The first-order valence-corrected chi connectivity index (χ1v) is 14.9. The van der Waals surface area contributed by atoms with Crippen LogP contribution in [0.5, 0.6) is 0 Å². The lowest BCUT2D eigenvalue weighted by atomic mass is 10.0. The number of rotatable bonds is 4. The first-order chi connectivity index (χ1) is 21.2. The summed E-state index contributed by atoms with van der Waals surface area (Å²) in [6.07, 6.45) is 8.04. The first-order valence-electron chi connectivity index (χ1n) is 14.9. The maximum absolute atomic E-state index is 14.6. The molecule has 44 heavy (non-hydrogen) atoms.